The first-order valence-electron chi connectivity index (χ1n) is 10.4. The molecule has 5 nitrogen and oxygen atoms in total. The van der Waals surface area contributed by atoms with Crippen molar-refractivity contribution in [3.05, 3.63) is 83.9 Å². The summed E-state index contributed by atoms with van der Waals surface area (Å²) in [6, 6.07) is 24.2. The third-order valence-corrected chi connectivity index (χ3v) is 5.76. The molecule has 0 fully saturated rings. The van der Waals surface area contributed by atoms with E-state index < -0.39 is 0 Å². The second-order valence-corrected chi connectivity index (χ2v) is 8.46. The van der Waals surface area contributed by atoms with Gasteiger partial charge in [-0.15, -0.1) is 10.2 Å². The van der Waals surface area contributed by atoms with Crippen LogP contribution in [0, 0.1) is 13.8 Å². The number of ether oxygens (including phenoxy) is 2. The van der Waals surface area contributed by atoms with Gasteiger partial charge in [0.15, 0.2) is 0 Å². The van der Waals surface area contributed by atoms with Gasteiger partial charge >= 0.3 is 0 Å². The zero-order valence-corrected chi connectivity index (χ0v) is 19.2. The molecule has 4 aromatic rings. The molecule has 0 aliphatic heterocycles. The summed E-state index contributed by atoms with van der Waals surface area (Å²) < 4.78 is 11.0. The number of aromatic nitrogens is 3. The lowest BCUT2D eigenvalue weighted by molar-refractivity contribution is 0.342. The maximum Gasteiger partial charge on any atom is 0.209 e. The van der Waals surface area contributed by atoms with Crippen LogP contribution in [0.25, 0.3) is 22.5 Å². The predicted molar refractivity (Wildman–Crippen MR) is 129 cm³/mol. The topological polar surface area (TPSA) is 57.1 Å². The van der Waals surface area contributed by atoms with E-state index in [4.69, 9.17) is 14.5 Å². The van der Waals surface area contributed by atoms with Crippen molar-refractivity contribution >= 4 is 11.8 Å². The Morgan fingerprint density at radius 1 is 0.688 bits per heavy atom. The van der Waals surface area contributed by atoms with Crippen molar-refractivity contribution in [2.24, 2.45) is 0 Å². The molecule has 0 aliphatic carbocycles. The van der Waals surface area contributed by atoms with Crippen molar-refractivity contribution in [2.75, 3.05) is 19.5 Å². The van der Waals surface area contributed by atoms with Crippen molar-refractivity contribution in [3.63, 3.8) is 0 Å². The van der Waals surface area contributed by atoms with Crippen LogP contribution in [0.1, 0.15) is 11.1 Å². The van der Waals surface area contributed by atoms with E-state index in [2.05, 4.69) is 72.6 Å². The molecule has 0 unspecified atom stereocenters. The van der Waals surface area contributed by atoms with Gasteiger partial charge in [-0.25, -0.2) is 4.98 Å². The van der Waals surface area contributed by atoms with E-state index in [0.717, 1.165) is 34.0 Å². The summed E-state index contributed by atoms with van der Waals surface area (Å²) in [5.74, 6) is 2.33. The number of nitrogens with zero attached hydrogens (tertiary/aromatic N) is 3. The van der Waals surface area contributed by atoms with Gasteiger partial charge in [-0.3, -0.25) is 0 Å². The molecule has 0 aliphatic rings. The lowest BCUT2D eigenvalue weighted by Crippen LogP contribution is -2.03. The smallest absolute Gasteiger partial charge is 0.209 e. The third-order valence-electron chi connectivity index (χ3n) is 4.96. The summed E-state index contributed by atoms with van der Waals surface area (Å²) in [6.45, 7) is 4.69. The molecule has 3 aromatic carbocycles. The maximum absolute atomic E-state index is 5.81. The highest BCUT2D eigenvalue weighted by molar-refractivity contribution is 7.99. The van der Waals surface area contributed by atoms with Gasteiger partial charge in [0.1, 0.15) is 22.9 Å². The van der Waals surface area contributed by atoms with Crippen LogP contribution in [-0.2, 0) is 0 Å². The molecule has 6 heteroatoms. The fourth-order valence-electron chi connectivity index (χ4n) is 3.16. The Bertz CT molecular complexity index is 1160. The molecular formula is C26H25N3O2S. The van der Waals surface area contributed by atoms with E-state index in [1.165, 1.54) is 22.9 Å². The molecule has 162 valence electrons. The molecule has 0 N–H and O–H groups in total. The quantitative estimate of drug-likeness (QED) is 0.246. The molecule has 0 amide bonds. The van der Waals surface area contributed by atoms with Crippen molar-refractivity contribution in [2.45, 2.75) is 19.0 Å². The Balaban J connectivity index is 1.50. The lowest BCUT2D eigenvalue weighted by atomic mass is 10.0. The highest BCUT2D eigenvalue weighted by atomic mass is 32.2. The van der Waals surface area contributed by atoms with E-state index in [0.29, 0.717) is 17.5 Å². The van der Waals surface area contributed by atoms with Crippen molar-refractivity contribution < 1.29 is 9.47 Å². The number of benzene rings is 3. The summed E-state index contributed by atoms with van der Waals surface area (Å²) >= 11 is 1.53. The summed E-state index contributed by atoms with van der Waals surface area (Å²) in [4.78, 5) is 4.86. The second kappa shape index (κ2) is 10.3. The second-order valence-electron chi connectivity index (χ2n) is 7.40. The molecular weight excluding hydrogens is 418 g/mol. The zero-order chi connectivity index (χ0) is 22.3. The number of aryl methyl sites for hydroxylation is 2. The molecule has 4 rings (SSSR count). The van der Waals surface area contributed by atoms with Crippen LogP contribution in [0.5, 0.6) is 11.5 Å². The molecule has 1 aromatic heterocycles. The molecule has 0 spiro atoms. The van der Waals surface area contributed by atoms with Crippen LogP contribution in [0.2, 0.25) is 0 Å². The fraction of sp³-hybridized carbons (Fsp3) is 0.192. The van der Waals surface area contributed by atoms with Gasteiger partial charge in [0.05, 0.1) is 13.7 Å². The van der Waals surface area contributed by atoms with E-state index in [9.17, 15) is 0 Å². The van der Waals surface area contributed by atoms with E-state index in [1.807, 2.05) is 24.3 Å². The van der Waals surface area contributed by atoms with Gasteiger partial charge in [-0.1, -0.05) is 71.4 Å². The van der Waals surface area contributed by atoms with Crippen LogP contribution in [0.4, 0.5) is 0 Å². The van der Waals surface area contributed by atoms with E-state index in [-0.39, 0.29) is 0 Å². The van der Waals surface area contributed by atoms with Gasteiger partial charge in [-0.2, -0.15) is 0 Å². The minimum Gasteiger partial charge on any atom is -0.497 e. The Labute approximate surface area is 192 Å². The first kappa shape index (κ1) is 21.8. The Kier molecular flexibility index (Phi) is 7.02. The first-order valence-corrected chi connectivity index (χ1v) is 11.4. The maximum atomic E-state index is 5.81. The molecule has 32 heavy (non-hydrogen) atoms. The van der Waals surface area contributed by atoms with Crippen LogP contribution in [-0.4, -0.2) is 34.7 Å². The minimum atomic E-state index is 0.542. The summed E-state index contributed by atoms with van der Waals surface area (Å²) in [6.07, 6.45) is 0. The van der Waals surface area contributed by atoms with Gasteiger partial charge < -0.3 is 9.47 Å². The zero-order valence-electron chi connectivity index (χ0n) is 18.4. The average molecular weight is 444 g/mol. The van der Waals surface area contributed by atoms with Crippen LogP contribution < -0.4 is 9.47 Å². The largest absolute Gasteiger partial charge is 0.497 e. The van der Waals surface area contributed by atoms with E-state index in [1.54, 1.807) is 7.11 Å². The highest BCUT2D eigenvalue weighted by Crippen LogP contribution is 2.30. The highest BCUT2D eigenvalue weighted by Gasteiger charge is 2.14. The number of hydrogen-bond donors (Lipinski definition) is 0. The monoisotopic (exact) mass is 443 g/mol. The standard InChI is InChI=1S/C26H25N3O2S/c1-18-4-8-20(9-5-18)24-25(21-10-6-19(2)7-11-21)28-29-26(27-24)32-17-16-31-23-14-12-22(30-3)13-15-23/h4-15H,16-17H2,1-3H3. The number of thioether (sulfide) groups is 1. The molecule has 1 heterocycles. The SMILES string of the molecule is COc1ccc(OCCSc2nnc(-c3ccc(C)cc3)c(-c3ccc(C)cc3)n2)cc1. The molecule has 0 saturated carbocycles. The van der Waals surface area contributed by atoms with E-state index >= 15 is 0 Å². The molecule has 0 radical (unpaired) electrons. The molecule has 0 bridgehead atoms. The Hall–Kier alpha value is -3.38. The third kappa shape index (κ3) is 5.45. The number of hydrogen-bond acceptors (Lipinski definition) is 6. The van der Waals surface area contributed by atoms with Crippen molar-refractivity contribution in [3.8, 4) is 34.0 Å². The minimum absolute atomic E-state index is 0.542. The van der Waals surface area contributed by atoms with Crippen LogP contribution in [0.3, 0.4) is 0 Å². The van der Waals surface area contributed by atoms with Gasteiger partial charge in [-0.05, 0) is 38.1 Å². The number of rotatable bonds is 8. The normalized spacial score (nSPS) is 10.7. The number of methoxy groups -OCH3 is 1. The van der Waals surface area contributed by atoms with Gasteiger partial charge in [0.2, 0.25) is 5.16 Å². The van der Waals surface area contributed by atoms with Gasteiger partial charge in [0, 0.05) is 16.9 Å². The van der Waals surface area contributed by atoms with Crippen molar-refractivity contribution in [1.82, 2.24) is 15.2 Å². The summed E-state index contributed by atoms with van der Waals surface area (Å²) in [5.41, 5.74) is 6.06. The van der Waals surface area contributed by atoms with Crippen molar-refractivity contribution in [1.29, 1.82) is 0 Å². The summed E-state index contributed by atoms with van der Waals surface area (Å²) in [5, 5.41) is 9.56. The Morgan fingerprint density at radius 2 is 1.25 bits per heavy atom. The average Bonchev–Trinajstić information content (AvgIpc) is 2.83. The lowest BCUT2D eigenvalue weighted by Gasteiger charge is -2.10. The predicted octanol–water partition coefficient (Wildman–Crippen LogP) is 6.00. The van der Waals surface area contributed by atoms with Gasteiger partial charge in [0.25, 0.3) is 0 Å². The Morgan fingerprint density at radius 3 is 1.84 bits per heavy atom. The fourth-order valence-corrected chi connectivity index (χ4v) is 3.76. The molecule has 0 atom stereocenters. The summed E-state index contributed by atoms with van der Waals surface area (Å²) in [7, 11) is 1.65. The van der Waals surface area contributed by atoms with Crippen LogP contribution in [0.15, 0.2) is 78.0 Å². The first-order chi connectivity index (χ1) is 15.6. The van der Waals surface area contributed by atoms with Crippen LogP contribution >= 0.6 is 11.8 Å². The molecule has 0 saturated heterocycles.